The predicted octanol–water partition coefficient (Wildman–Crippen LogP) is -8.30. The summed E-state index contributed by atoms with van der Waals surface area (Å²) in [5.41, 5.74) is 13.8. The Labute approximate surface area is 248 Å². The fourth-order valence-corrected chi connectivity index (χ4v) is 5.13. The van der Waals surface area contributed by atoms with Gasteiger partial charge in [-0.2, -0.15) is 0 Å². The lowest BCUT2D eigenvalue weighted by atomic mass is 9.81. The number of nitrogens with two attached hydrogens (primary N) is 3. The average molecular weight is 645 g/mol. The Hall–Kier alpha value is -3.07. The second-order valence-electron chi connectivity index (χ2n) is 10.2. The fraction of sp³-hybridized carbons (Fsp3) is 0.857. The molecule has 0 aromatic carbocycles. The van der Waals surface area contributed by atoms with E-state index in [1.807, 2.05) is 0 Å². The Morgan fingerprint density at radius 3 is 2.11 bits per heavy atom. The van der Waals surface area contributed by atoms with E-state index in [1.54, 1.807) is 0 Å². The van der Waals surface area contributed by atoms with Gasteiger partial charge in [-0.05, 0) is 14.0 Å². The van der Waals surface area contributed by atoms with Gasteiger partial charge in [0.1, 0.15) is 54.9 Å². The van der Waals surface area contributed by atoms with Crippen LogP contribution in [0.25, 0.3) is 0 Å². The molecule has 254 valence electrons. The molecule has 0 amide bonds. The van der Waals surface area contributed by atoms with E-state index in [9.17, 15) is 40.5 Å². The van der Waals surface area contributed by atoms with E-state index in [0.717, 1.165) is 0 Å². The number of aliphatic hydroxyl groups is 7. The molecule has 3 rings (SSSR count). The van der Waals surface area contributed by atoms with Gasteiger partial charge >= 0.3 is 0 Å². The Bertz CT molecular complexity index is 1020. The summed E-state index contributed by atoms with van der Waals surface area (Å²) in [6.07, 6.45) is -17.3. The number of rotatable bonds is 9. The number of carbonyl (C=O) groups excluding carboxylic acids is 1. The van der Waals surface area contributed by atoms with Gasteiger partial charge in [0.15, 0.2) is 36.4 Å². The zero-order valence-electron chi connectivity index (χ0n) is 23.4. The predicted molar refractivity (Wildman–Crippen MR) is 141 cm³/mol. The first kappa shape index (κ1) is 37.1. The number of aldehydes is 1. The molecule has 0 unspecified atom stereocenters. The van der Waals surface area contributed by atoms with Crippen LogP contribution < -0.4 is 27.8 Å². The lowest BCUT2D eigenvalue weighted by Gasteiger charge is -2.46. The maximum atomic E-state index is 12.1. The van der Waals surface area contributed by atoms with Crippen molar-refractivity contribution < 1.29 is 69.8 Å². The molecule has 1 saturated carbocycles. The van der Waals surface area contributed by atoms with Gasteiger partial charge in [-0.15, -0.1) is 10.1 Å². The van der Waals surface area contributed by atoms with Crippen LogP contribution in [0.1, 0.15) is 6.92 Å². The molecule has 44 heavy (non-hydrogen) atoms. The topological polar surface area (TPSA) is 397 Å². The van der Waals surface area contributed by atoms with E-state index in [4.69, 9.17) is 56.9 Å². The Morgan fingerprint density at radius 1 is 1.05 bits per heavy atom. The molecular formula is C21H40N8O15. The van der Waals surface area contributed by atoms with Crippen molar-refractivity contribution in [3.05, 3.63) is 10.1 Å². The van der Waals surface area contributed by atoms with E-state index in [0.29, 0.717) is 0 Å². The number of aliphatic imine (C=N–C) groups is 1. The largest absolute Gasteiger partial charge is 0.394 e. The second kappa shape index (κ2) is 15.3. The Kier molecular flexibility index (Phi) is 12.9. The van der Waals surface area contributed by atoms with Crippen LogP contribution in [-0.2, 0) is 23.7 Å². The second-order valence-corrected chi connectivity index (χ2v) is 10.2. The highest BCUT2D eigenvalue weighted by Crippen LogP contribution is 2.38. The van der Waals surface area contributed by atoms with Gasteiger partial charge in [-0.25, -0.2) is 4.99 Å². The highest BCUT2D eigenvalue weighted by molar-refractivity contribution is 5.76. The number of nitrogens with one attached hydrogen (secondary N) is 3. The highest BCUT2D eigenvalue weighted by Gasteiger charge is 2.60. The minimum atomic E-state index is -2.39. The van der Waals surface area contributed by atoms with Crippen molar-refractivity contribution in [3.8, 4) is 0 Å². The molecule has 0 radical (unpaired) electrons. The molecule has 2 aliphatic heterocycles. The molecule has 1 aliphatic carbocycles. The monoisotopic (exact) mass is 644 g/mol. The fourth-order valence-electron chi connectivity index (χ4n) is 5.13. The van der Waals surface area contributed by atoms with Crippen molar-refractivity contribution in [2.75, 3.05) is 13.7 Å². The van der Waals surface area contributed by atoms with E-state index in [-0.39, 0.29) is 6.29 Å². The third-order valence-corrected chi connectivity index (χ3v) is 7.40. The average Bonchev–Trinajstić information content (AvgIpc) is 3.17. The number of nitrogens with zero attached hydrogens (tertiary/aromatic N) is 2. The summed E-state index contributed by atoms with van der Waals surface area (Å²) >= 11 is 0. The molecule has 23 nitrogen and oxygen atoms in total. The molecule has 3 aliphatic rings. The van der Waals surface area contributed by atoms with Gasteiger partial charge in [0.25, 0.3) is 5.09 Å². The third-order valence-electron chi connectivity index (χ3n) is 7.40. The van der Waals surface area contributed by atoms with E-state index >= 15 is 0 Å². The standard InChI is InChI=1S/C21H39N7O12.HNO3/c1-5-21(36,4-30)16(40-17-9(26-2)13(34)10(31)6(3-29)38-17)18(37-5)39-15-8(28-20(24)25)11(32)7(27-19(22)23)12(33)14(15)35;2-1(3)4/h4-18,26,29,31-36H,3H2,1-2H3,(H4,22,23,27)(H4,24,25,28);(H,2,3,4)/t5-,6-,7+,8-,9-,10-,11+,12-,13-,14+,15+,16-,17-,18-,21+;/m0./s1. The van der Waals surface area contributed by atoms with Gasteiger partial charge in [0, 0.05) is 0 Å². The maximum Gasteiger partial charge on any atom is 0.291 e. The molecule has 0 bridgehead atoms. The van der Waals surface area contributed by atoms with Gasteiger partial charge in [0.05, 0.1) is 24.8 Å². The molecule has 2 saturated heterocycles. The molecule has 0 aromatic heterocycles. The number of carbonyl (C=O) groups is 1. The quantitative estimate of drug-likeness (QED) is 0.0364. The summed E-state index contributed by atoms with van der Waals surface area (Å²) in [5, 5.41) is 100. The van der Waals surface area contributed by atoms with Gasteiger partial charge < -0.3 is 87.7 Å². The molecule has 3 fully saturated rings. The first-order chi connectivity index (χ1) is 20.4. The van der Waals surface area contributed by atoms with Crippen molar-refractivity contribution in [3.63, 3.8) is 0 Å². The van der Waals surface area contributed by atoms with Crippen molar-refractivity contribution in [2.24, 2.45) is 22.2 Å². The van der Waals surface area contributed by atoms with E-state index in [2.05, 4.69) is 15.6 Å². The van der Waals surface area contributed by atoms with Gasteiger partial charge in [-0.3, -0.25) is 10.2 Å². The van der Waals surface area contributed by atoms with Crippen LogP contribution in [0.3, 0.4) is 0 Å². The van der Waals surface area contributed by atoms with E-state index in [1.165, 1.54) is 14.0 Å². The normalized spacial score (nSPS) is 43.7. The molecular weight excluding hydrogens is 604 g/mol. The van der Waals surface area contributed by atoms with Crippen LogP contribution in [0.4, 0.5) is 0 Å². The minimum Gasteiger partial charge on any atom is -0.394 e. The highest BCUT2D eigenvalue weighted by atomic mass is 16.9. The number of guanidine groups is 2. The smallest absolute Gasteiger partial charge is 0.291 e. The van der Waals surface area contributed by atoms with Crippen LogP contribution in [-0.4, -0.2) is 169 Å². The summed E-state index contributed by atoms with van der Waals surface area (Å²) in [4.78, 5) is 24.2. The van der Waals surface area contributed by atoms with Gasteiger partial charge in [-0.1, -0.05) is 0 Å². The van der Waals surface area contributed by atoms with Crippen LogP contribution in [0.5, 0.6) is 0 Å². The molecule has 2 heterocycles. The third kappa shape index (κ3) is 7.95. The number of ether oxygens (including phenoxy) is 4. The van der Waals surface area contributed by atoms with Crippen molar-refractivity contribution in [1.29, 1.82) is 5.41 Å². The number of hydrogen-bond acceptors (Lipinski definition) is 17. The molecule has 15 atom stereocenters. The summed E-state index contributed by atoms with van der Waals surface area (Å²) in [6, 6.07) is -4.02. The maximum absolute atomic E-state index is 12.1. The van der Waals surface area contributed by atoms with Crippen LogP contribution in [0.2, 0.25) is 0 Å². The molecule has 0 aromatic rings. The van der Waals surface area contributed by atoms with Crippen LogP contribution in [0.15, 0.2) is 4.99 Å². The van der Waals surface area contributed by atoms with Crippen LogP contribution in [0, 0.1) is 15.5 Å². The van der Waals surface area contributed by atoms with Crippen molar-refractivity contribution in [1.82, 2.24) is 10.6 Å². The summed E-state index contributed by atoms with van der Waals surface area (Å²) < 4.78 is 22.9. The SMILES string of the molecule is CN[C@@H]1[C@H](O[C@H]2[C@H](O[C@H]3[C@H](O)[C@@H](O)[C@H](N=C(N)N)[C@@H](O)[C@@H]3NC(=N)N)O[C@@H](C)[C@]2(O)C=O)O[C@@H](CO)[C@H](O)[C@H]1O.O=[N+]([O-])O. The van der Waals surface area contributed by atoms with E-state index < -0.39 is 115 Å². The number of aliphatic hydroxyl groups excluding tert-OH is 6. The lowest BCUT2D eigenvalue weighted by molar-refractivity contribution is -0.742. The number of hydrogen-bond donors (Lipinski definition) is 14. The molecule has 17 N–H and O–H groups in total. The minimum absolute atomic E-state index is 0.138. The van der Waals surface area contributed by atoms with Gasteiger partial charge in [0.2, 0.25) is 0 Å². The van der Waals surface area contributed by atoms with Crippen molar-refractivity contribution in [2.45, 2.75) is 98.2 Å². The van der Waals surface area contributed by atoms with Crippen molar-refractivity contribution >= 4 is 18.2 Å². The lowest BCUT2D eigenvalue weighted by Crippen LogP contribution is -2.70. The Morgan fingerprint density at radius 2 is 1.64 bits per heavy atom. The first-order valence-electron chi connectivity index (χ1n) is 13.0. The number of likely N-dealkylation sites (N-methyl/N-ethyl adjacent to an activating group) is 1. The summed E-state index contributed by atoms with van der Waals surface area (Å²) in [6.45, 7) is 0.616. The Balaban J connectivity index is 0.00000159. The zero-order valence-corrected chi connectivity index (χ0v) is 23.4. The van der Waals surface area contributed by atoms with Crippen LogP contribution >= 0.6 is 0 Å². The molecule has 0 spiro atoms. The zero-order chi connectivity index (χ0) is 33.7. The first-order valence-corrected chi connectivity index (χ1v) is 13.0. The summed E-state index contributed by atoms with van der Waals surface area (Å²) in [7, 11) is 1.42. The molecule has 23 heteroatoms. The summed E-state index contributed by atoms with van der Waals surface area (Å²) in [5.74, 6) is -1.16.